The van der Waals surface area contributed by atoms with Gasteiger partial charge in [0.15, 0.2) is 0 Å². The minimum Gasteiger partial charge on any atom is -0.326 e. The van der Waals surface area contributed by atoms with E-state index >= 15 is 0 Å². The molecule has 2 rings (SSSR count). The highest BCUT2D eigenvalue weighted by atomic mass is 127. The number of amides is 2. The average molecular weight is 490 g/mol. The van der Waals surface area contributed by atoms with Crippen LogP contribution in [0.5, 0.6) is 0 Å². The molecule has 0 radical (unpaired) electrons. The molecule has 0 aliphatic carbocycles. The second kappa shape index (κ2) is 9.74. The maximum Gasteiger partial charge on any atom is 0.240 e. The molecule has 0 aliphatic rings. The molecule has 8 heteroatoms. The van der Waals surface area contributed by atoms with Gasteiger partial charge < -0.3 is 5.32 Å². The average Bonchev–Trinajstić information content (AvgIpc) is 2.57. The monoisotopic (exact) mass is 489 g/mol. The van der Waals surface area contributed by atoms with Crippen LogP contribution in [-0.4, -0.2) is 18.0 Å². The molecule has 2 aromatic rings. The fraction of sp³-hybridized carbons (Fsp3) is 0.118. The third-order valence-electron chi connectivity index (χ3n) is 3.06. The molecule has 0 bridgehead atoms. The standard InChI is InChI=1S/C17H14Cl2IN3O2/c18-12-2-1-11(15(19)9-12)10-21-23-17(25)8-7-16(24)22-14-5-3-13(20)4-6-14/h1-6,9-10H,7-8H2,(H,22,24)(H,23,25)/b21-10+. The summed E-state index contributed by atoms with van der Waals surface area (Å²) in [4.78, 5) is 23.5. The Bertz CT molecular complexity index is 795. The van der Waals surface area contributed by atoms with E-state index in [4.69, 9.17) is 23.2 Å². The Labute approximate surface area is 168 Å². The lowest BCUT2D eigenvalue weighted by Crippen LogP contribution is -2.20. The first-order valence-electron chi connectivity index (χ1n) is 7.26. The summed E-state index contributed by atoms with van der Waals surface area (Å²) in [7, 11) is 0. The van der Waals surface area contributed by atoms with Gasteiger partial charge in [-0.05, 0) is 59.0 Å². The number of halogens is 3. The van der Waals surface area contributed by atoms with Crippen molar-refractivity contribution in [1.29, 1.82) is 0 Å². The highest BCUT2D eigenvalue weighted by molar-refractivity contribution is 14.1. The first-order valence-corrected chi connectivity index (χ1v) is 9.10. The predicted octanol–water partition coefficient (Wildman–Crippen LogP) is 4.47. The molecule has 130 valence electrons. The number of hydrogen-bond acceptors (Lipinski definition) is 3. The Morgan fingerprint density at radius 1 is 1.04 bits per heavy atom. The molecule has 0 heterocycles. The number of nitrogens with one attached hydrogen (secondary N) is 2. The largest absolute Gasteiger partial charge is 0.326 e. The zero-order valence-corrected chi connectivity index (χ0v) is 16.6. The molecule has 0 atom stereocenters. The lowest BCUT2D eigenvalue weighted by molar-refractivity contribution is -0.124. The van der Waals surface area contributed by atoms with Gasteiger partial charge in [-0.15, -0.1) is 0 Å². The Kier molecular flexibility index (Phi) is 7.67. The Balaban J connectivity index is 1.75. The van der Waals surface area contributed by atoms with E-state index in [0.717, 1.165) is 3.57 Å². The van der Waals surface area contributed by atoms with Gasteiger partial charge in [0.2, 0.25) is 11.8 Å². The van der Waals surface area contributed by atoms with Crippen molar-refractivity contribution in [3.63, 3.8) is 0 Å². The summed E-state index contributed by atoms with van der Waals surface area (Å²) >= 11 is 14.0. The second-order valence-electron chi connectivity index (χ2n) is 5.01. The van der Waals surface area contributed by atoms with Crippen molar-refractivity contribution in [2.75, 3.05) is 5.32 Å². The molecule has 2 aromatic carbocycles. The van der Waals surface area contributed by atoms with E-state index in [1.807, 2.05) is 12.1 Å². The molecule has 0 saturated heterocycles. The van der Waals surface area contributed by atoms with Gasteiger partial charge in [0, 0.05) is 32.7 Å². The molecule has 0 spiro atoms. The quantitative estimate of drug-likeness (QED) is 0.357. The summed E-state index contributed by atoms with van der Waals surface area (Å²) in [5.74, 6) is -0.597. The number of hydrazone groups is 1. The lowest BCUT2D eigenvalue weighted by Gasteiger charge is -2.05. The van der Waals surface area contributed by atoms with Crippen LogP contribution < -0.4 is 10.7 Å². The Morgan fingerprint density at radius 2 is 1.72 bits per heavy atom. The molecule has 0 aliphatic heterocycles. The van der Waals surface area contributed by atoms with Crippen molar-refractivity contribution < 1.29 is 9.59 Å². The molecule has 0 unspecified atom stereocenters. The molecular formula is C17H14Cl2IN3O2. The Morgan fingerprint density at radius 3 is 2.40 bits per heavy atom. The van der Waals surface area contributed by atoms with Crippen molar-refractivity contribution >= 4 is 69.5 Å². The maximum absolute atomic E-state index is 11.8. The van der Waals surface area contributed by atoms with Crippen LogP contribution in [-0.2, 0) is 9.59 Å². The summed E-state index contributed by atoms with van der Waals surface area (Å²) in [6.07, 6.45) is 1.51. The normalized spacial score (nSPS) is 10.7. The second-order valence-corrected chi connectivity index (χ2v) is 7.10. The third kappa shape index (κ3) is 7.01. The smallest absolute Gasteiger partial charge is 0.240 e. The SMILES string of the molecule is O=C(CCC(=O)Nc1ccc(I)cc1)N/N=C/c1ccc(Cl)cc1Cl. The van der Waals surface area contributed by atoms with Gasteiger partial charge in [-0.3, -0.25) is 9.59 Å². The first kappa shape index (κ1) is 19.7. The molecule has 25 heavy (non-hydrogen) atoms. The van der Waals surface area contributed by atoms with Crippen LogP contribution in [0.25, 0.3) is 0 Å². The van der Waals surface area contributed by atoms with Gasteiger partial charge in [0.1, 0.15) is 0 Å². The minimum atomic E-state index is -0.362. The molecule has 0 aromatic heterocycles. The number of benzene rings is 2. The van der Waals surface area contributed by atoms with Crippen LogP contribution in [0.4, 0.5) is 5.69 Å². The zero-order valence-electron chi connectivity index (χ0n) is 12.9. The van der Waals surface area contributed by atoms with E-state index in [9.17, 15) is 9.59 Å². The molecule has 2 amide bonds. The number of rotatable bonds is 6. The van der Waals surface area contributed by atoms with Gasteiger partial charge in [0.05, 0.1) is 11.2 Å². The molecule has 0 saturated carbocycles. The molecule has 2 N–H and O–H groups in total. The number of hydrogen-bond donors (Lipinski definition) is 2. The van der Waals surface area contributed by atoms with E-state index in [2.05, 4.69) is 38.4 Å². The topological polar surface area (TPSA) is 70.6 Å². The summed E-state index contributed by atoms with van der Waals surface area (Å²) in [5.41, 5.74) is 3.68. The summed E-state index contributed by atoms with van der Waals surface area (Å²) in [6.45, 7) is 0. The fourth-order valence-corrected chi connectivity index (χ4v) is 2.64. The summed E-state index contributed by atoms with van der Waals surface area (Å²) < 4.78 is 1.08. The van der Waals surface area contributed by atoms with E-state index in [0.29, 0.717) is 21.3 Å². The van der Waals surface area contributed by atoms with E-state index in [-0.39, 0.29) is 24.7 Å². The van der Waals surface area contributed by atoms with Crippen LogP contribution in [0.15, 0.2) is 47.6 Å². The lowest BCUT2D eigenvalue weighted by atomic mass is 10.2. The third-order valence-corrected chi connectivity index (χ3v) is 4.34. The van der Waals surface area contributed by atoms with Crippen molar-refractivity contribution in [2.24, 2.45) is 5.10 Å². The van der Waals surface area contributed by atoms with E-state index < -0.39 is 0 Å². The van der Waals surface area contributed by atoms with Gasteiger partial charge in [-0.1, -0.05) is 29.3 Å². The van der Waals surface area contributed by atoms with Crippen molar-refractivity contribution in [1.82, 2.24) is 5.43 Å². The number of carbonyl (C=O) groups is 2. The van der Waals surface area contributed by atoms with E-state index in [1.54, 1.807) is 30.3 Å². The maximum atomic E-state index is 11.8. The molecule has 5 nitrogen and oxygen atoms in total. The fourth-order valence-electron chi connectivity index (χ4n) is 1.82. The highest BCUT2D eigenvalue weighted by Gasteiger charge is 2.07. The zero-order chi connectivity index (χ0) is 18.2. The summed E-state index contributed by atoms with van der Waals surface area (Å²) in [5, 5.41) is 7.50. The van der Waals surface area contributed by atoms with Crippen LogP contribution >= 0.6 is 45.8 Å². The van der Waals surface area contributed by atoms with Gasteiger partial charge in [0.25, 0.3) is 0 Å². The van der Waals surface area contributed by atoms with Gasteiger partial charge in [-0.2, -0.15) is 5.10 Å². The number of carbonyl (C=O) groups excluding carboxylic acids is 2. The van der Waals surface area contributed by atoms with Crippen LogP contribution in [0.1, 0.15) is 18.4 Å². The van der Waals surface area contributed by atoms with Gasteiger partial charge in [-0.25, -0.2) is 5.43 Å². The highest BCUT2D eigenvalue weighted by Crippen LogP contribution is 2.19. The molecular weight excluding hydrogens is 476 g/mol. The number of anilines is 1. The van der Waals surface area contributed by atoms with Crippen molar-refractivity contribution in [3.8, 4) is 0 Å². The van der Waals surface area contributed by atoms with E-state index in [1.165, 1.54) is 6.21 Å². The van der Waals surface area contributed by atoms with Crippen LogP contribution in [0.2, 0.25) is 10.0 Å². The number of nitrogens with zero attached hydrogens (tertiary/aromatic N) is 1. The molecule has 0 fully saturated rings. The van der Waals surface area contributed by atoms with Crippen molar-refractivity contribution in [3.05, 3.63) is 61.6 Å². The van der Waals surface area contributed by atoms with Crippen LogP contribution in [0.3, 0.4) is 0 Å². The van der Waals surface area contributed by atoms with Crippen molar-refractivity contribution in [2.45, 2.75) is 12.8 Å². The Hall–Kier alpha value is -1.64. The van der Waals surface area contributed by atoms with Gasteiger partial charge >= 0.3 is 0 Å². The van der Waals surface area contributed by atoms with Crippen LogP contribution in [0, 0.1) is 3.57 Å². The summed E-state index contributed by atoms with van der Waals surface area (Å²) in [6, 6.07) is 12.3. The minimum absolute atomic E-state index is 0.0297. The predicted molar refractivity (Wildman–Crippen MR) is 109 cm³/mol. The first-order chi connectivity index (χ1) is 11.9.